The summed E-state index contributed by atoms with van der Waals surface area (Å²) in [5, 5.41) is 0. The molecule has 3 nitrogen and oxygen atoms in total. The first kappa shape index (κ1) is 12.4. The number of nitrogens with two attached hydrogens (primary N) is 1. The minimum absolute atomic E-state index is 0.0662. The molecule has 1 aliphatic rings. The molecule has 0 amide bonds. The lowest BCUT2D eigenvalue weighted by Crippen LogP contribution is -2.41. The minimum Gasteiger partial charge on any atom is -0.387 e. The van der Waals surface area contributed by atoms with Gasteiger partial charge in [-0.25, -0.2) is 8.78 Å². The average molecular weight is 220 g/mol. The molecule has 0 aromatic rings. The summed E-state index contributed by atoms with van der Waals surface area (Å²) < 4.78 is 30.1. The Morgan fingerprint density at radius 2 is 2.27 bits per heavy atom. The number of halogens is 2. The van der Waals surface area contributed by atoms with Crippen molar-refractivity contribution in [3.05, 3.63) is 0 Å². The van der Waals surface area contributed by atoms with E-state index in [1.165, 1.54) is 0 Å². The Balaban J connectivity index is 2.77. The summed E-state index contributed by atoms with van der Waals surface area (Å²) in [4.78, 5) is 3.86. The third-order valence-corrected chi connectivity index (χ3v) is 2.92. The van der Waals surface area contributed by atoms with Gasteiger partial charge >= 0.3 is 0 Å². The molecule has 2 N–H and O–H groups in total. The predicted molar refractivity (Wildman–Crippen MR) is 55.2 cm³/mol. The minimum atomic E-state index is -2.43. The van der Waals surface area contributed by atoms with E-state index >= 15 is 0 Å². The van der Waals surface area contributed by atoms with Gasteiger partial charge in [0.25, 0.3) is 6.43 Å². The fraction of sp³-hybridized carbons (Fsp3) is 0.900. The van der Waals surface area contributed by atoms with Crippen LogP contribution in [0.15, 0.2) is 4.99 Å². The van der Waals surface area contributed by atoms with E-state index in [0.29, 0.717) is 18.9 Å². The maximum Gasteiger partial charge on any atom is 0.260 e. The summed E-state index contributed by atoms with van der Waals surface area (Å²) in [6.45, 7) is 2.45. The third-order valence-electron chi connectivity index (χ3n) is 2.92. The normalized spacial score (nSPS) is 31.8. The van der Waals surface area contributed by atoms with Crippen LogP contribution < -0.4 is 5.73 Å². The zero-order valence-corrected chi connectivity index (χ0v) is 9.12. The number of ether oxygens (including phenoxy) is 1. The van der Waals surface area contributed by atoms with Crippen LogP contribution in [0, 0.1) is 11.8 Å². The van der Waals surface area contributed by atoms with E-state index in [1.54, 1.807) is 7.11 Å². The van der Waals surface area contributed by atoms with Gasteiger partial charge in [-0.2, -0.15) is 0 Å². The van der Waals surface area contributed by atoms with E-state index in [0.717, 1.165) is 6.42 Å². The fourth-order valence-corrected chi connectivity index (χ4v) is 2.16. The summed E-state index contributed by atoms with van der Waals surface area (Å²) in [6.07, 6.45) is -1.25. The summed E-state index contributed by atoms with van der Waals surface area (Å²) in [5.74, 6) is 0.507. The zero-order chi connectivity index (χ0) is 11.4. The number of methoxy groups -OCH3 is 1. The molecule has 88 valence electrons. The number of aliphatic imine (C=N–C) groups is 1. The Morgan fingerprint density at radius 3 is 2.73 bits per heavy atom. The van der Waals surface area contributed by atoms with Crippen LogP contribution in [0.25, 0.3) is 0 Å². The SMILES string of the molecule is CCC1C(N)=NC(C(F)F)C[C@H]1COC. The lowest BCUT2D eigenvalue weighted by atomic mass is 9.82. The zero-order valence-electron chi connectivity index (χ0n) is 9.12. The smallest absolute Gasteiger partial charge is 0.260 e. The number of rotatable bonds is 4. The molecule has 5 heteroatoms. The van der Waals surface area contributed by atoms with Crippen molar-refractivity contribution in [1.29, 1.82) is 0 Å². The second kappa shape index (κ2) is 5.39. The van der Waals surface area contributed by atoms with Gasteiger partial charge in [-0.3, -0.25) is 4.99 Å². The van der Waals surface area contributed by atoms with Gasteiger partial charge in [0.2, 0.25) is 0 Å². The van der Waals surface area contributed by atoms with Crippen molar-refractivity contribution in [2.45, 2.75) is 32.2 Å². The van der Waals surface area contributed by atoms with Crippen LogP contribution >= 0.6 is 0 Å². The molecule has 1 aliphatic heterocycles. The molecule has 0 aliphatic carbocycles. The molecule has 0 saturated carbocycles. The standard InChI is InChI=1S/C10H18F2N2O/c1-3-7-6(5-15-2)4-8(9(11)12)14-10(7)13/h6-9H,3-5H2,1-2H3,(H2,13,14)/t6-,7?,8?/m0/s1. The molecule has 2 unspecified atom stereocenters. The van der Waals surface area contributed by atoms with E-state index in [9.17, 15) is 8.78 Å². The molecular weight excluding hydrogens is 202 g/mol. The van der Waals surface area contributed by atoms with Crippen molar-refractivity contribution < 1.29 is 13.5 Å². The highest BCUT2D eigenvalue weighted by molar-refractivity contribution is 5.84. The van der Waals surface area contributed by atoms with Crippen molar-refractivity contribution in [3.8, 4) is 0 Å². The number of hydrogen-bond acceptors (Lipinski definition) is 3. The van der Waals surface area contributed by atoms with Crippen molar-refractivity contribution in [2.75, 3.05) is 13.7 Å². The highest BCUT2D eigenvalue weighted by Crippen LogP contribution is 2.30. The quantitative estimate of drug-likeness (QED) is 0.783. The predicted octanol–water partition coefficient (Wildman–Crippen LogP) is 1.67. The lowest BCUT2D eigenvalue weighted by molar-refractivity contribution is 0.0697. The second-order valence-electron chi connectivity index (χ2n) is 3.92. The van der Waals surface area contributed by atoms with Gasteiger partial charge in [-0.05, 0) is 18.8 Å². The molecule has 1 heterocycles. The van der Waals surface area contributed by atoms with Gasteiger partial charge in [0.1, 0.15) is 6.04 Å². The van der Waals surface area contributed by atoms with Crippen LogP contribution in [-0.4, -0.2) is 32.0 Å². The number of amidine groups is 1. The summed E-state index contributed by atoms with van der Waals surface area (Å²) in [7, 11) is 1.58. The first-order valence-corrected chi connectivity index (χ1v) is 5.20. The molecule has 3 atom stereocenters. The first-order valence-electron chi connectivity index (χ1n) is 5.20. The largest absolute Gasteiger partial charge is 0.387 e. The molecule has 0 spiro atoms. The van der Waals surface area contributed by atoms with Crippen LogP contribution in [0.2, 0.25) is 0 Å². The molecule has 0 saturated heterocycles. The van der Waals surface area contributed by atoms with E-state index in [2.05, 4.69) is 4.99 Å². The third kappa shape index (κ3) is 2.87. The van der Waals surface area contributed by atoms with Gasteiger partial charge in [0.05, 0.1) is 5.84 Å². The Hall–Kier alpha value is -0.710. The van der Waals surface area contributed by atoms with Gasteiger partial charge in [-0.15, -0.1) is 0 Å². The maximum atomic E-state index is 12.5. The van der Waals surface area contributed by atoms with Crippen LogP contribution in [0.4, 0.5) is 8.78 Å². The lowest BCUT2D eigenvalue weighted by Gasteiger charge is -2.32. The summed E-state index contributed by atoms with van der Waals surface area (Å²) >= 11 is 0. The number of alkyl halides is 2. The highest BCUT2D eigenvalue weighted by Gasteiger charge is 2.34. The number of hydrogen-bond donors (Lipinski definition) is 1. The fourth-order valence-electron chi connectivity index (χ4n) is 2.16. The topological polar surface area (TPSA) is 47.6 Å². The van der Waals surface area contributed by atoms with Crippen LogP contribution in [0.3, 0.4) is 0 Å². The van der Waals surface area contributed by atoms with Gasteiger partial charge in [0, 0.05) is 19.6 Å². The molecular formula is C10H18F2N2O. The molecule has 0 radical (unpaired) electrons. The molecule has 15 heavy (non-hydrogen) atoms. The summed E-state index contributed by atoms with van der Waals surface area (Å²) in [5.41, 5.74) is 5.70. The molecule has 1 rings (SSSR count). The first-order chi connectivity index (χ1) is 7.10. The number of nitrogens with zero attached hydrogens (tertiary/aromatic N) is 1. The second-order valence-corrected chi connectivity index (χ2v) is 3.92. The molecule has 0 bridgehead atoms. The van der Waals surface area contributed by atoms with Crippen molar-refractivity contribution in [2.24, 2.45) is 22.6 Å². The Kier molecular flexibility index (Phi) is 4.45. The van der Waals surface area contributed by atoms with Gasteiger partial charge < -0.3 is 10.5 Å². The molecule has 0 fully saturated rings. The van der Waals surface area contributed by atoms with Gasteiger partial charge in [-0.1, -0.05) is 6.92 Å². The van der Waals surface area contributed by atoms with Crippen LogP contribution in [0.5, 0.6) is 0 Å². The van der Waals surface area contributed by atoms with Gasteiger partial charge in [0.15, 0.2) is 0 Å². The van der Waals surface area contributed by atoms with Crippen molar-refractivity contribution >= 4 is 5.84 Å². The van der Waals surface area contributed by atoms with Crippen LogP contribution in [-0.2, 0) is 4.74 Å². The Labute approximate surface area is 88.7 Å². The van der Waals surface area contributed by atoms with E-state index in [-0.39, 0.29) is 11.8 Å². The molecule has 0 aromatic heterocycles. The molecule has 0 aromatic carbocycles. The van der Waals surface area contributed by atoms with E-state index in [1.807, 2.05) is 6.92 Å². The van der Waals surface area contributed by atoms with Crippen molar-refractivity contribution in [1.82, 2.24) is 0 Å². The monoisotopic (exact) mass is 220 g/mol. The average Bonchev–Trinajstić information content (AvgIpc) is 2.17. The van der Waals surface area contributed by atoms with E-state index in [4.69, 9.17) is 10.5 Å². The summed E-state index contributed by atoms with van der Waals surface area (Å²) in [6, 6.07) is -0.951. The van der Waals surface area contributed by atoms with E-state index < -0.39 is 12.5 Å². The van der Waals surface area contributed by atoms with Crippen LogP contribution in [0.1, 0.15) is 19.8 Å². The Morgan fingerprint density at radius 1 is 1.60 bits per heavy atom. The Bertz CT molecular complexity index is 233. The highest BCUT2D eigenvalue weighted by atomic mass is 19.3. The van der Waals surface area contributed by atoms with Crippen molar-refractivity contribution in [3.63, 3.8) is 0 Å². The maximum absolute atomic E-state index is 12.5.